The predicted molar refractivity (Wildman–Crippen MR) is 58.3 cm³/mol. The number of hydrogen-bond acceptors (Lipinski definition) is 3. The Bertz CT molecular complexity index is 524. The van der Waals surface area contributed by atoms with Crippen LogP contribution in [-0.2, 0) is 6.42 Å². The average Bonchev–Trinajstić information content (AvgIpc) is 2.66. The van der Waals surface area contributed by atoms with Crippen LogP contribution in [-0.4, -0.2) is 16.1 Å². The summed E-state index contributed by atoms with van der Waals surface area (Å²) in [6.07, 6.45) is 0.454. The van der Waals surface area contributed by atoms with Crippen molar-refractivity contribution < 1.29 is 14.3 Å². The normalized spacial score (nSPS) is 10.3. The van der Waals surface area contributed by atoms with Gasteiger partial charge in [0.15, 0.2) is 5.69 Å². The molecule has 1 aromatic heterocycles. The van der Waals surface area contributed by atoms with Crippen molar-refractivity contribution in [2.45, 2.75) is 6.42 Å². The minimum absolute atomic E-state index is 0.0383. The largest absolute Gasteiger partial charge is 0.476 e. The van der Waals surface area contributed by atoms with Crippen molar-refractivity contribution in [1.82, 2.24) is 4.98 Å². The number of carboxylic acids is 1. The number of benzene rings is 1. The van der Waals surface area contributed by atoms with E-state index < -0.39 is 5.97 Å². The van der Waals surface area contributed by atoms with Crippen LogP contribution >= 0.6 is 11.3 Å². The minimum atomic E-state index is -1.04. The van der Waals surface area contributed by atoms with Crippen molar-refractivity contribution in [3.63, 3.8) is 0 Å². The highest BCUT2D eigenvalue weighted by Gasteiger charge is 2.08. The Morgan fingerprint density at radius 3 is 2.94 bits per heavy atom. The van der Waals surface area contributed by atoms with Gasteiger partial charge in [-0.15, -0.1) is 11.3 Å². The first-order chi connectivity index (χ1) is 7.65. The van der Waals surface area contributed by atoms with E-state index in [0.717, 1.165) is 5.56 Å². The van der Waals surface area contributed by atoms with E-state index in [1.54, 1.807) is 12.1 Å². The number of thiazole rings is 1. The Morgan fingerprint density at radius 2 is 2.31 bits per heavy atom. The van der Waals surface area contributed by atoms with E-state index in [0.29, 0.717) is 11.4 Å². The van der Waals surface area contributed by atoms with E-state index in [1.165, 1.54) is 28.8 Å². The maximum absolute atomic E-state index is 12.9. The van der Waals surface area contributed by atoms with E-state index in [-0.39, 0.29) is 11.5 Å². The first-order valence-corrected chi connectivity index (χ1v) is 5.45. The number of aromatic carboxylic acids is 1. The van der Waals surface area contributed by atoms with Gasteiger partial charge in [0, 0.05) is 11.8 Å². The lowest BCUT2D eigenvalue weighted by Gasteiger charge is -1.97. The van der Waals surface area contributed by atoms with Crippen LogP contribution in [0.4, 0.5) is 4.39 Å². The summed E-state index contributed by atoms with van der Waals surface area (Å²) in [5.41, 5.74) is 0.822. The number of halogens is 1. The number of carboxylic acid groups (broad SMARTS) is 1. The van der Waals surface area contributed by atoms with Crippen LogP contribution in [0.1, 0.15) is 21.1 Å². The second-order valence-electron chi connectivity index (χ2n) is 3.24. The fourth-order valence-electron chi connectivity index (χ4n) is 1.31. The van der Waals surface area contributed by atoms with Gasteiger partial charge in [-0.3, -0.25) is 0 Å². The number of hydrogen-bond donors (Lipinski definition) is 1. The molecule has 3 nitrogen and oxygen atoms in total. The van der Waals surface area contributed by atoms with Crippen LogP contribution in [0.25, 0.3) is 0 Å². The molecule has 0 unspecified atom stereocenters. The topological polar surface area (TPSA) is 50.2 Å². The van der Waals surface area contributed by atoms with Crippen LogP contribution in [0, 0.1) is 5.82 Å². The molecule has 0 fully saturated rings. The molecule has 1 aromatic carbocycles. The van der Waals surface area contributed by atoms with Crippen molar-refractivity contribution in [3.8, 4) is 0 Å². The maximum Gasteiger partial charge on any atom is 0.355 e. The highest BCUT2D eigenvalue weighted by molar-refractivity contribution is 7.09. The fraction of sp³-hybridized carbons (Fsp3) is 0.0909. The van der Waals surface area contributed by atoms with Gasteiger partial charge >= 0.3 is 5.97 Å². The molecule has 0 amide bonds. The smallest absolute Gasteiger partial charge is 0.355 e. The van der Waals surface area contributed by atoms with E-state index in [2.05, 4.69) is 4.98 Å². The molecule has 0 saturated carbocycles. The first kappa shape index (κ1) is 10.8. The molecule has 82 valence electrons. The molecule has 0 radical (unpaired) electrons. The molecular formula is C11H8FNO2S. The predicted octanol–water partition coefficient (Wildman–Crippen LogP) is 2.57. The highest BCUT2D eigenvalue weighted by atomic mass is 32.1. The zero-order chi connectivity index (χ0) is 11.5. The molecule has 0 spiro atoms. The van der Waals surface area contributed by atoms with Gasteiger partial charge in [0.1, 0.15) is 5.82 Å². The summed E-state index contributed by atoms with van der Waals surface area (Å²) in [6.45, 7) is 0. The summed E-state index contributed by atoms with van der Waals surface area (Å²) in [6, 6.07) is 6.19. The number of nitrogens with zero attached hydrogens (tertiary/aromatic N) is 1. The molecule has 2 aromatic rings. The van der Waals surface area contributed by atoms with Crippen molar-refractivity contribution >= 4 is 17.3 Å². The lowest BCUT2D eigenvalue weighted by Crippen LogP contribution is -1.97. The van der Waals surface area contributed by atoms with E-state index in [9.17, 15) is 9.18 Å². The van der Waals surface area contributed by atoms with Crippen molar-refractivity contribution in [2.75, 3.05) is 0 Å². The molecule has 1 heterocycles. The van der Waals surface area contributed by atoms with Gasteiger partial charge in [0.2, 0.25) is 0 Å². The summed E-state index contributed by atoms with van der Waals surface area (Å²) >= 11 is 1.26. The second-order valence-corrected chi connectivity index (χ2v) is 4.18. The molecule has 1 N–H and O–H groups in total. The Hall–Kier alpha value is -1.75. The molecule has 0 bridgehead atoms. The van der Waals surface area contributed by atoms with E-state index >= 15 is 0 Å². The van der Waals surface area contributed by atoms with Crippen molar-refractivity contribution in [2.24, 2.45) is 0 Å². The molecule has 0 aliphatic carbocycles. The summed E-state index contributed by atoms with van der Waals surface area (Å²) in [7, 11) is 0. The summed E-state index contributed by atoms with van der Waals surface area (Å²) in [5.74, 6) is -1.34. The minimum Gasteiger partial charge on any atom is -0.476 e. The van der Waals surface area contributed by atoms with Gasteiger partial charge in [0.25, 0.3) is 0 Å². The van der Waals surface area contributed by atoms with Crippen molar-refractivity contribution in [1.29, 1.82) is 0 Å². The monoisotopic (exact) mass is 237 g/mol. The summed E-state index contributed by atoms with van der Waals surface area (Å²) in [5, 5.41) is 10.8. The van der Waals surface area contributed by atoms with E-state index in [1.807, 2.05) is 0 Å². The van der Waals surface area contributed by atoms with Gasteiger partial charge in [-0.2, -0.15) is 0 Å². The Kier molecular flexibility index (Phi) is 2.96. The molecular weight excluding hydrogens is 229 g/mol. The second kappa shape index (κ2) is 4.40. The van der Waals surface area contributed by atoms with Gasteiger partial charge < -0.3 is 5.11 Å². The van der Waals surface area contributed by atoms with Gasteiger partial charge in [-0.25, -0.2) is 14.2 Å². The zero-order valence-electron chi connectivity index (χ0n) is 8.18. The number of carbonyl (C=O) groups is 1. The summed E-state index contributed by atoms with van der Waals surface area (Å²) in [4.78, 5) is 14.5. The third-order valence-electron chi connectivity index (χ3n) is 2.02. The fourth-order valence-corrected chi connectivity index (χ4v) is 2.11. The Morgan fingerprint density at radius 1 is 1.50 bits per heavy atom. The zero-order valence-corrected chi connectivity index (χ0v) is 9.00. The van der Waals surface area contributed by atoms with Crippen molar-refractivity contribution in [3.05, 3.63) is 51.7 Å². The SMILES string of the molecule is O=C(O)c1csc(Cc2cccc(F)c2)n1. The lowest BCUT2D eigenvalue weighted by molar-refractivity contribution is 0.0691. The van der Waals surface area contributed by atoms with Crippen LogP contribution in [0.5, 0.6) is 0 Å². The molecule has 0 saturated heterocycles. The third-order valence-corrected chi connectivity index (χ3v) is 2.86. The maximum atomic E-state index is 12.9. The molecule has 0 aliphatic heterocycles. The van der Waals surface area contributed by atoms with Gasteiger partial charge in [-0.1, -0.05) is 12.1 Å². The van der Waals surface area contributed by atoms with Gasteiger partial charge in [-0.05, 0) is 17.7 Å². The van der Waals surface area contributed by atoms with Crippen LogP contribution in [0.15, 0.2) is 29.6 Å². The molecule has 16 heavy (non-hydrogen) atoms. The van der Waals surface area contributed by atoms with Gasteiger partial charge in [0.05, 0.1) is 5.01 Å². The summed E-state index contributed by atoms with van der Waals surface area (Å²) < 4.78 is 12.9. The van der Waals surface area contributed by atoms with E-state index in [4.69, 9.17) is 5.11 Å². The number of rotatable bonds is 3. The first-order valence-electron chi connectivity index (χ1n) is 4.57. The Balaban J connectivity index is 2.17. The quantitative estimate of drug-likeness (QED) is 0.892. The highest BCUT2D eigenvalue weighted by Crippen LogP contribution is 2.15. The molecule has 2 rings (SSSR count). The standard InChI is InChI=1S/C11H8FNO2S/c12-8-3-1-2-7(4-8)5-10-13-9(6-16-10)11(14)15/h1-4,6H,5H2,(H,14,15). The lowest BCUT2D eigenvalue weighted by atomic mass is 10.1. The van der Waals surface area contributed by atoms with Crippen LogP contribution < -0.4 is 0 Å². The Labute approximate surface area is 95.2 Å². The average molecular weight is 237 g/mol. The molecule has 0 atom stereocenters. The van der Waals surface area contributed by atoms with Crippen LogP contribution in [0.2, 0.25) is 0 Å². The molecule has 0 aliphatic rings. The van der Waals surface area contributed by atoms with Crippen LogP contribution in [0.3, 0.4) is 0 Å². The number of aromatic nitrogens is 1. The third kappa shape index (κ3) is 2.43. The molecule has 5 heteroatoms.